The summed E-state index contributed by atoms with van der Waals surface area (Å²) in [6.45, 7) is 4.49. The third kappa shape index (κ3) is 3.59. The van der Waals surface area contributed by atoms with Gasteiger partial charge in [0, 0.05) is 34.9 Å². The van der Waals surface area contributed by atoms with E-state index < -0.39 is 0 Å². The Morgan fingerprint density at radius 2 is 2.00 bits per heavy atom. The van der Waals surface area contributed by atoms with E-state index in [2.05, 4.69) is 30.3 Å². The lowest BCUT2D eigenvalue weighted by atomic mass is 10.2. The molecule has 1 aromatic heterocycles. The van der Waals surface area contributed by atoms with Crippen LogP contribution in [0, 0.1) is 6.92 Å². The number of rotatable bonds is 6. The average molecular weight is 278 g/mol. The van der Waals surface area contributed by atoms with E-state index in [0.717, 1.165) is 25.2 Å². The van der Waals surface area contributed by atoms with Crippen molar-refractivity contribution in [3.05, 3.63) is 21.4 Å². The molecule has 0 atom stereocenters. The molecule has 2 nitrogen and oxygen atoms in total. The fourth-order valence-electron chi connectivity index (χ4n) is 3.11. The van der Waals surface area contributed by atoms with Crippen molar-refractivity contribution in [2.24, 2.45) is 0 Å². The Kier molecular flexibility index (Phi) is 4.25. The smallest absolute Gasteiger partial charge is 0.0302 e. The Balaban J connectivity index is 1.56. The molecule has 3 heteroatoms. The second kappa shape index (κ2) is 5.94. The van der Waals surface area contributed by atoms with Crippen LogP contribution in [0.1, 0.15) is 53.8 Å². The molecular formula is C16H26N2S. The van der Waals surface area contributed by atoms with Gasteiger partial charge in [-0.05, 0) is 51.3 Å². The van der Waals surface area contributed by atoms with Gasteiger partial charge in [-0.25, -0.2) is 0 Å². The molecule has 1 aromatic rings. The molecule has 106 valence electrons. The largest absolute Gasteiger partial charge is 0.309 e. The summed E-state index contributed by atoms with van der Waals surface area (Å²) < 4.78 is 0. The normalized spacial score (nSPS) is 20.6. The Hall–Kier alpha value is -0.380. The first-order chi connectivity index (χ1) is 9.22. The summed E-state index contributed by atoms with van der Waals surface area (Å²) in [6, 6.07) is 4.07. The minimum absolute atomic E-state index is 0.812. The van der Waals surface area contributed by atoms with Crippen molar-refractivity contribution >= 4 is 11.3 Å². The zero-order chi connectivity index (χ0) is 13.2. The van der Waals surface area contributed by atoms with Crippen LogP contribution in [0.5, 0.6) is 0 Å². The number of hydrogen-bond acceptors (Lipinski definition) is 3. The van der Waals surface area contributed by atoms with Crippen LogP contribution in [0.4, 0.5) is 0 Å². The molecule has 3 rings (SSSR count). The highest BCUT2D eigenvalue weighted by Crippen LogP contribution is 2.28. The molecule has 0 aliphatic heterocycles. The molecule has 0 amide bonds. The molecule has 1 heterocycles. The maximum absolute atomic E-state index is 3.62. The highest BCUT2D eigenvalue weighted by atomic mass is 32.1. The van der Waals surface area contributed by atoms with Crippen LogP contribution in [0.3, 0.4) is 0 Å². The molecule has 2 aliphatic rings. The lowest BCUT2D eigenvalue weighted by molar-refractivity contribution is 0.237. The minimum atomic E-state index is 0.812. The van der Waals surface area contributed by atoms with Crippen molar-refractivity contribution < 1.29 is 0 Å². The third-order valence-corrected chi connectivity index (χ3v) is 5.67. The molecule has 0 aromatic carbocycles. The Morgan fingerprint density at radius 3 is 2.68 bits per heavy atom. The third-order valence-electron chi connectivity index (χ3n) is 4.58. The van der Waals surface area contributed by atoms with E-state index in [-0.39, 0.29) is 0 Å². The van der Waals surface area contributed by atoms with Gasteiger partial charge in [-0.2, -0.15) is 0 Å². The fourth-order valence-corrected chi connectivity index (χ4v) is 4.11. The summed E-state index contributed by atoms with van der Waals surface area (Å²) in [5, 5.41) is 3.62. The Labute approximate surface area is 121 Å². The number of hydrogen-bond donors (Lipinski definition) is 1. The predicted molar refractivity (Wildman–Crippen MR) is 82.6 cm³/mol. The molecule has 0 unspecified atom stereocenters. The molecule has 2 saturated carbocycles. The Morgan fingerprint density at radius 1 is 1.26 bits per heavy atom. The van der Waals surface area contributed by atoms with E-state index in [1.165, 1.54) is 48.3 Å². The maximum atomic E-state index is 3.62. The predicted octanol–water partition coefficient (Wildman–Crippen LogP) is 3.68. The number of nitrogens with zero attached hydrogens (tertiary/aromatic N) is 1. The van der Waals surface area contributed by atoms with Gasteiger partial charge in [0.25, 0.3) is 0 Å². The summed E-state index contributed by atoms with van der Waals surface area (Å²) in [4.78, 5) is 5.59. The summed E-state index contributed by atoms with van der Waals surface area (Å²) in [7, 11) is 2.30. The van der Waals surface area contributed by atoms with Crippen molar-refractivity contribution in [3.63, 3.8) is 0 Å². The molecule has 2 aliphatic carbocycles. The molecular weight excluding hydrogens is 252 g/mol. The fraction of sp³-hybridized carbons (Fsp3) is 0.750. The molecule has 0 saturated heterocycles. The summed E-state index contributed by atoms with van der Waals surface area (Å²) >= 11 is 1.98. The molecule has 19 heavy (non-hydrogen) atoms. The lowest BCUT2D eigenvalue weighted by Crippen LogP contribution is -2.28. The van der Waals surface area contributed by atoms with E-state index in [9.17, 15) is 0 Å². The standard InChI is InChI=1S/C16H26N2S/c1-12-13(11-18(2)15-5-3-4-6-15)9-16(19-12)10-17-14-7-8-14/h9,14-15,17H,3-8,10-11H2,1-2H3. The molecule has 0 bridgehead atoms. The van der Waals surface area contributed by atoms with Gasteiger partial charge in [0.15, 0.2) is 0 Å². The van der Waals surface area contributed by atoms with Crippen molar-refractivity contribution in [3.8, 4) is 0 Å². The molecule has 2 fully saturated rings. The summed E-state index contributed by atoms with van der Waals surface area (Å²) in [5.41, 5.74) is 1.55. The van der Waals surface area contributed by atoms with Gasteiger partial charge in [0.05, 0.1) is 0 Å². The van der Waals surface area contributed by atoms with Crippen LogP contribution >= 0.6 is 11.3 Å². The van der Waals surface area contributed by atoms with Gasteiger partial charge in [0.1, 0.15) is 0 Å². The second-order valence-corrected chi connectivity index (χ2v) is 7.64. The molecule has 0 spiro atoms. The molecule has 0 radical (unpaired) electrons. The number of nitrogens with one attached hydrogen (secondary N) is 1. The number of aryl methyl sites for hydroxylation is 1. The summed E-state index contributed by atoms with van der Waals surface area (Å²) in [5.74, 6) is 0. The second-order valence-electron chi connectivity index (χ2n) is 6.30. The minimum Gasteiger partial charge on any atom is -0.309 e. The van der Waals surface area contributed by atoms with Crippen LogP contribution < -0.4 is 5.32 Å². The van der Waals surface area contributed by atoms with Gasteiger partial charge in [-0.3, -0.25) is 4.90 Å². The van der Waals surface area contributed by atoms with Crippen LogP contribution in [-0.4, -0.2) is 24.0 Å². The van der Waals surface area contributed by atoms with Crippen LogP contribution in [-0.2, 0) is 13.1 Å². The quantitative estimate of drug-likeness (QED) is 0.854. The van der Waals surface area contributed by atoms with Crippen LogP contribution in [0.2, 0.25) is 0 Å². The maximum Gasteiger partial charge on any atom is 0.0302 e. The van der Waals surface area contributed by atoms with E-state index >= 15 is 0 Å². The van der Waals surface area contributed by atoms with Crippen molar-refractivity contribution in [2.45, 2.75) is 70.6 Å². The molecule has 1 N–H and O–H groups in total. The monoisotopic (exact) mass is 278 g/mol. The topological polar surface area (TPSA) is 15.3 Å². The van der Waals surface area contributed by atoms with Crippen LogP contribution in [0.25, 0.3) is 0 Å². The van der Waals surface area contributed by atoms with E-state index in [4.69, 9.17) is 0 Å². The van der Waals surface area contributed by atoms with Gasteiger partial charge in [-0.1, -0.05) is 12.8 Å². The van der Waals surface area contributed by atoms with Crippen molar-refractivity contribution in [1.82, 2.24) is 10.2 Å². The van der Waals surface area contributed by atoms with E-state index in [1.54, 1.807) is 5.56 Å². The number of thiophene rings is 1. The first-order valence-corrected chi connectivity index (χ1v) is 8.56. The van der Waals surface area contributed by atoms with Gasteiger partial charge >= 0.3 is 0 Å². The highest BCUT2D eigenvalue weighted by Gasteiger charge is 2.22. The van der Waals surface area contributed by atoms with Crippen LogP contribution in [0.15, 0.2) is 6.07 Å². The average Bonchev–Trinajstić information content (AvgIpc) is 2.92. The van der Waals surface area contributed by atoms with Crippen molar-refractivity contribution in [2.75, 3.05) is 7.05 Å². The van der Waals surface area contributed by atoms with E-state index in [0.29, 0.717) is 0 Å². The Bertz CT molecular complexity index is 416. The van der Waals surface area contributed by atoms with Gasteiger partial charge in [-0.15, -0.1) is 11.3 Å². The van der Waals surface area contributed by atoms with Gasteiger partial charge < -0.3 is 5.32 Å². The SMILES string of the molecule is Cc1sc(CNC2CC2)cc1CN(C)C1CCCC1. The first-order valence-electron chi connectivity index (χ1n) is 7.74. The van der Waals surface area contributed by atoms with Gasteiger partial charge in [0.2, 0.25) is 0 Å². The highest BCUT2D eigenvalue weighted by molar-refractivity contribution is 7.12. The zero-order valence-corrected chi connectivity index (χ0v) is 13.1. The lowest BCUT2D eigenvalue weighted by Gasteiger charge is -2.23. The van der Waals surface area contributed by atoms with E-state index in [1.807, 2.05) is 11.3 Å². The van der Waals surface area contributed by atoms with Crippen molar-refractivity contribution in [1.29, 1.82) is 0 Å². The summed E-state index contributed by atoms with van der Waals surface area (Å²) in [6.07, 6.45) is 8.40. The zero-order valence-electron chi connectivity index (χ0n) is 12.2. The first kappa shape index (κ1) is 13.6.